The summed E-state index contributed by atoms with van der Waals surface area (Å²) in [6.07, 6.45) is 3.69. The molecule has 0 unspecified atom stereocenters. The van der Waals surface area contributed by atoms with Crippen LogP contribution in [0.3, 0.4) is 0 Å². The van der Waals surface area contributed by atoms with Gasteiger partial charge in [-0.2, -0.15) is 0 Å². The number of hydrogen-bond donors (Lipinski definition) is 1. The van der Waals surface area contributed by atoms with Gasteiger partial charge in [0.2, 0.25) is 0 Å². The maximum atomic E-state index is 10.4. The molecule has 0 bridgehead atoms. The van der Waals surface area contributed by atoms with E-state index in [2.05, 4.69) is 5.32 Å². The van der Waals surface area contributed by atoms with Gasteiger partial charge in [0.05, 0.1) is 4.92 Å². The molecule has 1 aliphatic carbocycles. The predicted octanol–water partition coefficient (Wildman–Crippen LogP) is 2.56. The molecule has 1 N–H and O–H groups in total. The number of nitrogens with zero attached hydrogens (tertiary/aromatic N) is 1. The van der Waals surface area contributed by atoms with Gasteiger partial charge in [-0.25, -0.2) is 0 Å². The van der Waals surface area contributed by atoms with Crippen molar-refractivity contribution < 1.29 is 4.92 Å². The van der Waals surface area contributed by atoms with Gasteiger partial charge in [0.1, 0.15) is 0 Å². The zero-order valence-corrected chi connectivity index (χ0v) is 7.77. The highest BCUT2D eigenvalue weighted by Crippen LogP contribution is 2.24. The number of nitro groups is 1. The second-order valence-corrected chi connectivity index (χ2v) is 3.58. The number of nitro benzene ring substituents is 1. The Kier molecular flexibility index (Phi) is 2.35. The normalized spacial score (nSPS) is 16.0. The summed E-state index contributed by atoms with van der Waals surface area (Å²) in [6, 6.07) is 7.14. The van der Waals surface area contributed by atoms with E-state index in [1.807, 2.05) is 0 Å². The molecule has 0 aliphatic heterocycles. The largest absolute Gasteiger partial charge is 0.382 e. The lowest BCUT2D eigenvalue weighted by atomic mass is 9.93. The van der Waals surface area contributed by atoms with E-state index in [-0.39, 0.29) is 10.6 Å². The summed E-state index contributed by atoms with van der Waals surface area (Å²) in [6.45, 7) is 0. The van der Waals surface area contributed by atoms with E-state index in [1.165, 1.54) is 31.4 Å². The fourth-order valence-electron chi connectivity index (χ4n) is 1.47. The molecule has 2 rings (SSSR count). The molecule has 0 atom stereocenters. The van der Waals surface area contributed by atoms with Gasteiger partial charge >= 0.3 is 0 Å². The van der Waals surface area contributed by atoms with Crippen molar-refractivity contribution in [3.8, 4) is 0 Å². The molecular weight excluding hydrogens is 180 g/mol. The van der Waals surface area contributed by atoms with Crippen molar-refractivity contribution in [3.63, 3.8) is 0 Å². The zero-order valence-electron chi connectivity index (χ0n) is 7.77. The minimum Gasteiger partial charge on any atom is -0.382 e. The Hall–Kier alpha value is -1.58. The second kappa shape index (κ2) is 3.65. The highest BCUT2D eigenvalue weighted by Gasteiger charge is 2.16. The Morgan fingerprint density at radius 1 is 1.29 bits per heavy atom. The van der Waals surface area contributed by atoms with E-state index >= 15 is 0 Å². The number of rotatable bonds is 3. The highest BCUT2D eigenvalue weighted by atomic mass is 16.6. The molecule has 14 heavy (non-hydrogen) atoms. The van der Waals surface area contributed by atoms with E-state index in [1.54, 1.807) is 12.1 Å². The average molecular weight is 192 g/mol. The quantitative estimate of drug-likeness (QED) is 0.591. The van der Waals surface area contributed by atoms with E-state index < -0.39 is 0 Å². The molecule has 4 nitrogen and oxygen atoms in total. The monoisotopic (exact) mass is 192 g/mol. The van der Waals surface area contributed by atoms with Crippen LogP contribution in [0.25, 0.3) is 0 Å². The Balaban J connectivity index is 2.01. The number of hydrogen-bond acceptors (Lipinski definition) is 3. The van der Waals surface area contributed by atoms with Crippen LogP contribution in [-0.4, -0.2) is 11.0 Å². The first-order valence-corrected chi connectivity index (χ1v) is 4.77. The lowest BCUT2D eigenvalue weighted by Gasteiger charge is -2.27. The predicted molar refractivity (Wildman–Crippen MR) is 54.4 cm³/mol. The average Bonchev–Trinajstić information content (AvgIpc) is 2.12. The van der Waals surface area contributed by atoms with Gasteiger partial charge in [0, 0.05) is 23.9 Å². The molecule has 1 fully saturated rings. The third kappa shape index (κ3) is 1.84. The highest BCUT2D eigenvalue weighted by molar-refractivity contribution is 5.49. The standard InChI is InChI=1S/C10H12N2O2/c13-12(14)10-6-4-9(5-7-10)11-8-2-1-3-8/h4-8,11H,1-3H2. The summed E-state index contributed by atoms with van der Waals surface area (Å²) >= 11 is 0. The van der Waals surface area contributed by atoms with Crippen molar-refractivity contribution in [2.45, 2.75) is 25.3 Å². The van der Waals surface area contributed by atoms with Gasteiger partial charge in [0.15, 0.2) is 0 Å². The molecule has 0 amide bonds. The maximum Gasteiger partial charge on any atom is 0.269 e. The molecule has 1 aromatic carbocycles. The van der Waals surface area contributed by atoms with Crippen LogP contribution in [-0.2, 0) is 0 Å². The van der Waals surface area contributed by atoms with Crippen molar-refractivity contribution in [1.82, 2.24) is 0 Å². The van der Waals surface area contributed by atoms with Crippen molar-refractivity contribution in [1.29, 1.82) is 0 Å². The Morgan fingerprint density at radius 3 is 2.36 bits per heavy atom. The fourth-order valence-corrected chi connectivity index (χ4v) is 1.47. The van der Waals surface area contributed by atoms with Crippen LogP contribution in [0.1, 0.15) is 19.3 Å². The molecule has 4 heteroatoms. The summed E-state index contributed by atoms with van der Waals surface area (Å²) in [5.74, 6) is 0. The van der Waals surface area contributed by atoms with E-state index in [4.69, 9.17) is 0 Å². The first-order valence-electron chi connectivity index (χ1n) is 4.77. The molecule has 0 aromatic heterocycles. The third-order valence-corrected chi connectivity index (χ3v) is 2.55. The van der Waals surface area contributed by atoms with Gasteiger partial charge in [-0.05, 0) is 31.4 Å². The zero-order chi connectivity index (χ0) is 9.97. The van der Waals surface area contributed by atoms with Gasteiger partial charge in [0.25, 0.3) is 5.69 Å². The van der Waals surface area contributed by atoms with E-state index in [0.29, 0.717) is 6.04 Å². The van der Waals surface area contributed by atoms with E-state index in [9.17, 15) is 10.1 Å². The molecular formula is C10H12N2O2. The molecule has 74 valence electrons. The van der Waals surface area contributed by atoms with Crippen LogP contribution in [0, 0.1) is 10.1 Å². The van der Waals surface area contributed by atoms with Crippen LogP contribution in [0.2, 0.25) is 0 Å². The fraction of sp³-hybridized carbons (Fsp3) is 0.400. The van der Waals surface area contributed by atoms with Crippen molar-refractivity contribution in [2.24, 2.45) is 0 Å². The van der Waals surface area contributed by atoms with Crippen LogP contribution < -0.4 is 5.32 Å². The van der Waals surface area contributed by atoms with E-state index in [0.717, 1.165) is 5.69 Å². The molecule has 1 aromatic rings. The number of anilines is 1. The SMILES string of the molecule is O=[N+]([O-])c1ccc(NC2CCC2)cc1. The van der Waals surface area contributed by atoms with Crippen LogP contribution >= 0.6 is 0 Å². The van der Waals surface area contributed by atoms with Gasteiger partial charge in [-0.1, -0.05) is 0 Å². The smallest absolute Gasteiger partial charge is 0.269 e. The topological polar surface area (TPSA) is 55.2 Å². The first-order chi connectivity index (χ1) is 6.75. The molecule has 1 aliphatic rings. The lowest BCUT2D eigenvalue weighted by molar-refractivity contribution is -0.384. The Labute approximate surface area is 82.1 Å². The minimum absolute atomic E-state index is 0.143. The Bertz CT molecular complexity index is 330. The summed E-state index contributed by atoms with van der Waals surface area (Å²) in [5, 5.41) is 13.7. The number of nitrogens with one attached hydrogen (secondary N) is 1. The van der Waals surface area contributed by atoms with Crippen LogP contribution in [0.4, 0.5) is 11.4 Å². The Morgan fingerprint density at radius 2 is 1.93 bits per heavy atom. The lowest BCUT2D eigenvalue weighted by Crippen LogP contribution is -2.26. The van der Waals surface area contributed by atoms with Crippen molar-refractivity contribution in [3.05, 3.63) is 34.4 Å². The second-order valence-electron chi connectivity index (χ2n) is 3.58. The molecule has 0 heterocycles. The van der Waals surface area contributed by atoms with Crippen LogP contribution in [0.5, 0.6) is 0 Å². The first kappa shape index (κ1) is 8.99. The molecule has 0 spiro atoms. The minimum atomic E-state index is -0.382. The van der Waals surface area contributed by atoms with Crippen molar-refractivity contribution >= 4 is 11.4 Å². The molecule has 0 radical (unpaired) electrons. The molecule has 1 saturated carbocycles. The van der Waals surface area contributed by atoms with Crippen molar-refractivity contribution in [2.75, 3.05) is 5.32 Å². The summed E-state index contributed by atoms with van der Waals surface area (Å²) in [7, 11) is 0. The summed E-state index contributed by atoms with van der Waals surface area (Å²) in [4.78, 5) is 10.0. The van der Waals surface area contributed by atoms with Gasteiger partial charge in [-0.15, -0.1) is 0 Å². The maximum absolute atomic E-state index is 10.4. The number of benzene rings is 1. The summed E-state index contributed by atoms with van der Waals surface area (Å²) in [5.41, 5.74) is 1.12. The summed E-state index contributed by atoms with van der Waals surface area (Å²) < 4.78 is 0. The molecule has 0 saturated heterocycles. The van der Waals surface area contributed by atoms with Crippen LogP contribution in [0.15, 0.2) is 24.3 Å². The van der Waals surface area contributed by atoms with Gasteiger partial charge in [-0.3, -0.25) is 10.1 Å². The number of non-ortho nitro benzene ring substituents is 1. The third-order valence-electron chi connectivity index (χ3n) is 2.55. The van der Waals surface area contributed by atoms with Gasteiger partial charge < -0.3 is 5.32 Å².